The van der Waals surface area contributed by atoms with E-state index < -0.39 is 17.0 Å². The molecular formula is C18H18FN7O3. The molecule has 3 fully saturated rings. The van der Waals surface area contributed by atoms with Gasteiger partial charge in [0.15, 0.2) is 11.3 Å². The highest BCUT2D eigenvalue weighted by Crippen LogP contribution is 2.69. The molecule has 150 valence electrons. The Morgan fingerprint density at radius 1 is 1.24 bits per heavy atom. The maximum absolute atomic E-state index is 13.6. The maximum Gasteiger partial charge on any atom is 0.275 e. The Kier molecular flexibility index (Phi) is 3.70. The van der Waals surface area contributed by atoms with Crippen molar-refractivity contribution in [3.8, 4) is 0 Å². The zero-order valence-corrected chi connectivity index (χ0v) is 15.6. The largest absolute Gasteiger partial charge is 0.351 e. The van der Waals surface area contributed by atoms with E-state index in [1.807, 2.05) is 6.07 Å². The number of carbonyl (C=O) groups is 2. The van der Waals surface area contributed by atoms with Crippen LogP contribution in [0, 0.1) is 12.3 Å². The topological polar surface area (TPSA) is 127 Å². The van der Waals surface area contributed by atoms with E-state index in [9.17, 15) is 14.0 Å². The summed E-state index contributed by atoms with van der Waals surface area (Å²) in [6.45, 7) is 2.12. The lowest BCUT2D eigenvalue weighted by Gasteiger charge is -2.64. The molecule has 2 N–H and O–H groups in total. The fourth-order valence-electron chi connectivity index (χ4n) is 4.11. The van der Waals surface area contributed by atoms with E-state index in [0.717, 1.165) is 5.56 Å². The molecule has 0 atom stereocenters. The predicted molar refractivity (Wildman–Crippen MR) is 95.2 cm³/mol. The number of amides is 2. The minimum Gasteiger partial charge on any atom is -0.351 e. The third kappa shape index (κ3) is 2.93. The summed E-state index contributed by atoms with van der Waals surface area (Å²) in [5.74, 6) is -0.498. The van der Waals surface area contributed by atoms with Crippen molar-refractivity contribution in [1.82, 2.24) is 35.5 Å². The number of halogens is 1. The molecule has 6 rings (SSSR count). The number of aryl methyl sites for hydroxylation is 1. The number of nitrogens with one attached hydrogen (secondary N) is 2. The van der Waals surface area contributed by atoms with Crippen LogP contribution in [-0.4, -0.2) is 42.4 Å². The van der Waals surface area contributed by atoms with E-state index in [1.54, 1.807) is 23.8 Å². The Morgan fingerprint density at radius 2 is 2.03 bits per heavy atom. The van der Waals surface area contributed by atoms with Gasteiger partial charge in [-0.05, 0) is 43.0 Å². The highest BCUT2D eigenvalue weighted by molar-refractivity contribution is 5.92. The van der Waals surface area contributed by atoms with Gasteiger partial charge < -0.3 is 10.6 Å². The highest BCUT2D eigenvalue weighted by atomic mass is 19.1. The first-order valence-electron chi connectivity index (χ1n) is 9.24. The molecule has 0 radical (unpaired) electrons. The van der Waals surface area contributed by atoms with Crippen molar-refractivity contribution >= 4 is 17.5 Å². The van der Waals surface area contributed by atoms with Gasteiger partial charge in [-0.1, -0.05) is 5.16 Å². The van der Waals surface area contributed by atoms with E-state index in [0.29, 0.717) is 42.8 Å². The average molecular weight is 399 g/mol. The van der Waals surface area contributed by atoms with Gasteiger partial charge in [-0.2, -0.15) is 5.10 Å². The summed E-state index contributed by atoms with van der Waals surface area (Å²) in [7, 11) is 0. The SMILES string of the molecule is Cc1nonc1C(=O)NCc1cn2ncc(CNC(=O)C34CC(F)(C3)C4)cc2n1. The van der Waals surface area contributed by atoms with E-state index in [4.69, 9.17) is 0 Å². The number of hydrogen-bond donors (Lipinski definition) is 2. The molecule has 11 heteroatoms. The lowest BCUT2D eigenvalue weighted by Crippen LogP contribution is -2.69. The standard InChI is InChI=1S/C18H18FN7O3/c1-10-14(25-29-24-10)15(27)20-5-12-6-26-13(23-12)2-11(4-22-26)3-21-16(28)17-7-18(19,8-17)9-17/h2,4,6H,3,5,7-9H2,1H3,(H,20,27)(H,21,28). The third-order valence-corrected chi connectivity index (χ3v) is 5.62. The van der Waals surface area contributed by atoms with Crippen LogP contribution in [0.3, 0.4) is 0 Å². The minimum absolute atomic E-state index is 0.0960. The molecule has 0 aromatic carbocycles. The highest BCUT2D eigenvalue weighted by Gasteiger charge is 2.72. The lowest BCUT2D eigenvalue weighted by atomic mass is 9.42. The summed E-state index contributed by atoms with van der Waals surface area (Å²) in [5.41, 5.74) is 0.943. The predicted octanol–water partition coefficient (Wildman–Crippen LogP) is 0.859. The summed E-state index contributed by atoms with van der Waals surface area (Å²) >= 11 is 0. The normalized spacial score (nSPS) is 24.6. The van der Waals surface area contributed by atoms with E-state index in [1.165, 1.54) is 0 Å². The van der Waals surface area contributed by atoms with Crippen LogP contribution in [0.15, 0.2) is 23.1 Å². The number of alkyl halides is 1. The first kappa shape index (κ1) is 17.7. The van der Waals surface area contributed by atoms with Gasteiger partial charge in [0.1, 0.15) is 11.4 Å². The zero-order chi connectivity index (χ0) is 20.2. The number of hydrogen-bond acceptors (Lipinski definition) is 7. The van der Waals surface area contributed by atoms with Crippen molar-refractivity contribution in [2.24, 2.45) is 5.41 Å². The summed E-state index contributed by atoms with van der Waals surface area (Å²) in [6.07, 6.45) is 4.35. The number of rotatable bonds is 6. The molecule has 3 aromatic rings. The van der Waals surface area contributed by atoms with Gasteiger partial charge in [0.05, 0.1) is 30.0 Å². The molecule has 2 bridgehead atoms. The fourth-order valence-corrected chi connectivity index (χ4v) is 4.11. The van der Waals surface area contributed by atoms with E-state index in [-0.39, 0.29) is 18.1 Å². The van der Waals surface area contributed by atoms with Crippen LogP contribution in [0.25, 0.3) is 5.65 Å². The number of fused-ring (bicyclic) bond motifs is 1. The molecule has 3 aromatic heterocycles. The second-order valence-electron chi connectivity index (χ2n) is 7.92. The van der Waals surface area contributed by atoms with Gasteiger partial charge in [-0.3, -0.25) is 9.59 Å². The molecule has 3 aliphatic rings. The third-order valence-electron chi connectivity index (χ3n) is 5.62. The van der Waals surface area contributed by atoms with Crippen molar-refractivity contribution < 1.29 is 18.6 Å². The van der Waals surface area contributed by atoms with Crippen molar-refractivity contribution in [1.29, 1.82) is 0 Å². The maximum atomic E-state index is 13.6. The number of nitrogens with zero attached hydrogens (tertiary/aromatic N) is 5. The fraction of sp³-hybridized carbons (Fsp3) is 0.444. The Balaban J connectivity index is 1.20. The number of imidazole rings is 1. The first-order chi connectivity index (χ1) is 13.9. The molecular weight excluding hydrogens is 381 g/mol. The van der Waals surface area contributed by atoms with Crippen LogP contribution in [-0.2, 0) is 17.9 Å². The minimum atomic E-state index is -1.09. The summed E-state index contributed by atoms with van der Waals surface area (Å²) in [4.78, 5) is 28.8. The smallest absolute Gasteiger partial charge is 0.275 e. The van der Waals surface area contributed by atoms with Crippen LogP contribution in [0.5, 0.6) is 0 Å². The van der Waals surface area contributed by atoms with Gasteiger partial charge in [0, 0.05) is 6.54 Å². The van der Waals surface area contributed by atoms with Gasteiger partial charge in [-0.15, -0.1) is 0 Å². The van der Waals surface area contributed by atoms with Crippen LogP contribution in [0.1, 0.15) is 46.7 Å². The molecule has 0 saturated heterocycles. The second-order valence-corrected chi connectivity index (χ2v) is 7.92. The Labute approximate surface area is 163 Å². The monoisotopic (exact) mass is 399 g/mol. The van der Waals surface area contributed by atoms with Crippen LogP contribution in [0.2, 0.25) is 0 Å². The average Bonchev–Trinajstić information content (AvgIpc) is 3.26. The second kappa shape index (κ2) is 6.06. The van der Waals surface area contributed by atoms with Gasteiger partial charge in [0.25, 0.3) is 5.91 Å². The van der Waals surface area contributed by atoms with E-state index >= 15 is 0 Å². The van der Waals surface area contributed by atoms with Crippen molar-refractivity contribution in [3.05, 3.63) is 41.1 Å². The zero-order valence-electron chi connectivity index (χ0n) is 15.6. The first-order valence-corrected chi connectivity index (χ1v) is 9.24. The Bertz CT molecular complexity index is 1120. The van der Waals surface area contributed by atoms with Crippen LogP contribution < -0.4 is 10.6 Å². The molecule has 2 amide bonds. The van der Waals surface area contributed by atoms with Crippen LogP contribution >= 0.6 is 0 Å². The number of aromatic nitrogens is 5. The summed E-state index contributed by atoms with van der Waals surface area (Å²) in [5, 5.41) is 17.0. The molecule has 0 unspecified atom stereocenters. The molecule has 3 heterocycles. The molecule has 0 aliphatic heterocycles. The van der Waals surface area contributed by atoms with Gasteiger partial charge >= 0.3 is 0 Å². The van der Waals surface area contributed by atoms with Crippen LogP contribution in [0.4, 0.5) is 4.39 Å². The molecule has 3 saturated carbocycles. The van der Waals surface area contributed by atoms with Gasteiger partial charge in [0.2, 0.25) is 5.91 Å². The Morgan fingerprint density at radius 3 is 2.72 bits per heavy atom. The summed E-state index contributed by atoms with van der Waals surface area (Å²) < 4.78 is 19.7. The van der Waals surface area contributed by atoms with Gasteiger partial charge in [-0.25, -0.2) is 18.5 Å². The molecule has 10 nitrogen and oxygen atoms in total. The molecule has 29 heavy (non-hydrogen) atoms. The van der Waals surface area contributed by atoms with Crippen molar-refractivity contribution in [2.75, 3.05) is 0 Å². The molecule has 0 spiro atoms. The molecule has 3 aliphatic carbocycles. The summed E-state index contributed by atoms with van der Waals surface area (Å²) in [6, 6.07) is 1.81. The van der Waals surface area contributed by atoms with Crippen molar-refractivity contribution in [3.63, 3.8) is 0 Å². The van der Waals surface area contributed by atoms with E-state index in [2.05, 4.69) is 35.7 Å². The quantitative estimate of drug-likeness (QED) is 0.629. The Hall–Kier alpha value is -3.37. The van der Waals surface area contributed by atoms with Crippen molar-refractivity contribution in [2.45, 2.75) is 44.9 Å². The lowest BCUT2D eigenvalue weighted by molar-refractivity contribution is -0.213. The number of carbonyl (C=O) groups excluding carboxylic acids is 2.